The zero-order valence-electron chi connectivity index (χ0n) is 11.8. The van der Waals surface area contributed by atoms with Crippen LogP contribution in [0.3, 0.4) is 0 Å². The highest BCUT2D eigenvalue weighted by Gasteiger charge is 2.53. The molecule has 0 radical (unpaired) electrons. The first kappa shape index (κ1) is 13.4. The number of hydrogen-bond acceptors (Lipinski definition) is 3. The van der Waals surface area contributed by atoms with Gasteiger partial charge in [-0.25, -0.2) is 0 Å². The van der Waals surface area contributed by atoms with E-state index < -0.39 is 4.92 Å². The fourth-order valence-corrected chi connectivity index (χ4v) is 5.44. The SMILES string of the molecule is O=[N+]([O-])c1ccc(NC2CC3CC2C2CCCC32)cc1Cl. The van der Waals surface area contributed by atoms with Gasteiger partial charge in [0, 0.05) is 17.8 Å². The molecule has 21 heavy (non-hydrogen) atoms. The predicted octanol–water partition coefficient (Wildman–Crippen LogP) is 4.48. The number of halogens is 1. The number of nitro benzene ring substituents is 1. The van der Waals surface area contributed by atoms with Crippen molar-refractivity contribution in [1.29, 1.82) is 0 Å². The number of benzene rings is 1. The number of nitrogens with zero attached hydrogens (tertiary/aromatic N) is 1. The third kappa shape index (κ3) is 2.11. The maximum absolute atomic E-state index is 10.8. The summed E-state index contributed by atoms with van der Waals surface area (Å²) in [6.45, 7) is 0. The van der Waals surface area contributed by atoms with E-state index in [1.54, 1.807) is 12.1 Å². The average molecular weight is 307 g/mol. The second-order valence-electron chi connectivity index (χ2n) is 6.83. The molecule has 3 fully saturated rings. The summed E-state index contributed by atoms with van der Waals surface area (Å²) >= 11 is 6.00. The quantitative estimate of drug-likeness (QED) is 0.661. The summed E-state index contributed by atoms with van der Waals surface area (Å²) in [5, 5.41) is 14.6. The van der Waals surface area contributed by atoms with Crippen LogP contribution >= 0.6 is 11.6 Å². The largest absolute Gasteiger partial charge is 0.382 e. The molecule has 3 saturated carbocycles. The molecule has 0 spiro atoms. The van der Waals surface area contributed by atoms with Crippen LogP contribution < -0.4 is 5.32 Å². The summed E-state index contributed by atoms with van der Waals surface area (Å²) in [7, 11) is 0. The average Bonchev–Trinajstić information content (AvgIpc) is 3.09. The van der Waals surface area contributed by atoms with Crippen molar-refractivity contribution in [2.45, 2.75) is 38.1 Å². The summed E-state index contributed by atoms with van der Waals surface area (Å²) < 4.78 is 0. The minimum atomic E-state index is -0.438. The molecule has 0 aliphatic heterocycles. The van der Waals surface area contributed by atoms with Crippen LogP contribution in [-0.4, -0.2) is 11.0 Å². The van der Waals surface area contributed by atoms with Gasteiger partial charge in [-0.3, -0.25) is 10.1 Å². The highest BCUT2D eigenvalue weighted by atomic mass is 35.5. The molecule has 0 saturated heterocycles. The summed E-state index contributed by atoms with van der Waals surface area (Å²) in [5.74, 6) is 3.58. The van der Waals surface area contributed by atoms with Gasteiger partial charge >= 0.3 is 0 Å². The van der Waals surface area contributed by atoms with Gasteiger partial charge in [-0.15, -0.1) is 0 Å². The number of hydrogen-bond donors (Lipinski definition) is 1. The van der Waals surface area contributed by atoms with Gasteiger partial charge in [-0.1, -0.05) is 18.0 Å². The number of nitro groups is 1. The summed E-state index contributed by atoms with van der Waals surface area (Å²) in [4.78, 5) is 10.4. The number of fused-ring (bicyclic) bond motifs is 5. The standard InChI is InChI=1S/C16H19ClN2O2/c17-14-8-10(4-5-16(14)19(20)21)18-15-7-9-6-13(15)12-3-1-2-11(9)12/h4-5,8-9,11-13,15,18H,1-3,6-7H2. The van der Waals surface area contributed by atoms with E-state index in [1.807, 2.05) is 0 Å². The molecule has 5 atom stereocenters. The molecule has 0 amide bonds. The van der Waals surface area contributed by atoms with Crippen molar-refractivity contribution in [3.8, 4) is 0 Å². The number of rotatable bonds is 3. The van der Waals surface area contributed by atoms with Gasteiger partial charge < -0.3 is 5.32 Å². The van der Waals surface area contributed by atoms with Crippen LogP contribution in [0.25, 0.3) is 0 Å². The maximum Gasteiger partial charge on any atom is 0.288 e. The van der Waals surface area contributed by atoms with Crippen LogP contribution in [-0.2, 0) is 0 Å². The van der Waals surface area contributed by atoms with Gasteiger partial charge in [-0.05, 0) is 61.5 Å². The molecule has 0 aromatic heterocycles. The minimum absolute atomic E-state index is 0.0222. The van der Waals surface area contributed by atoms with Crippen LogP contribution in [0.4, 0.5) is 11.4 Å². The van der Waals surface area contributed by atoms with Gasteiger partial charge in [0.25, 0.3) is 5.69 Å². The topological polar surface area (TPSA) is 55.2 Å². The van der Waals surface area contributed by atoms with Crippen molar-refractivity contribution >= 4 is 23.0 Å². The molecule has 4 nitrogen and oxygen atoms in total. The van der Waals surface area contributed by atoms with E-state index >= 15 is 0 Å². The molecule has 1 N–H and O–H groups in total. The lowest BCUT2D eigenvalue weighted by atomic mass is 9.79. The molecule has 4 rings (SSSR count). The Morgan fingerprint density at radius 2 is 2.00 bits per heavy atom. The van der Waals surface area contributed by atoms with Crippen LogP contribution in [0.15, 0.2) is 18.2 Å². The first-order valence-electron chi connectivity index (χ1n) is 7.84. The van der Waals surface area contributed by atoms with Crippen molar-refractivity contribution in [3.63, 3.8) is 0 Å². The monoisotopic (exact) mass is 306 g/mol. The molecule has 2 bridgehead atoms. The molecule has 112 valence electrons. The van der Waals surface area contributed by atoms with Crippen LogP contribution in [0, 0.1) is 33.8 Å². The first-order valence-corrected chi connectivity index (χ1v) is 8.22. The van der Waals surface area contributed by atoms with Crippen molar-refractivity contribution in [2.75, 3.05) is 5.32 Å². The van der Waals surface area contributed by atoms with Gasteiger partial charge in [0.2, 0.25) is 0 Å². The zero-order chi connectivity index (χ0) is 14.6. The van der Waals surface area contributed by atoms with Gasteiger partial charge in [0.05, 0.1) is 4.92 Å². The highest BCUT2D eigenvalue weighted by Crippen LogP contribution is 2.59. The molecule has 3 aliphatic rings. The molecule has 1 aromatic rings. The minimum Gasteiger partial charge on any atom is -0.382 e. The molecule has 3 aliphatic carbocycles. The molecular weight excluding hydrogens is 288 g/mol. The number of nitrogens with one attached hydrogen (secondary N) is 1. The lowest BCUT2D eigenvalue weighted by Gasteiger charge is -2.32. The van der Waals surface area contributed by atoms with Gasteiger partial charge in [0.15, 0.2) is 0 Å². The van der Waals surface area contributed by atoms with E-state index in [2.05, 4.69) is 5.32 Å². The van der Waals surface area contributed by atoms with E-state index in [0.717, 1.165) is 29.4 Å². The van der Waals surface area contributed by atoms with Crippen molar-refractivity contribution < 1.29 is 4.92 Å². The molecule has 0 heterocycles. The molecule has 5 unspecified atom stereocenters. The van der Waals surface area contributed by atoms with E-state index in [4.69, 9.17) is 11.6 Å². The maximum atomic E-state index is 10.8. The zero-order valence-corrected chi connectivity index (χ0v) is 12.6. The van der Waals surface area contributed by atoms with E-state index in [0.29, 0.717) is 6.04 Å². The van der Waals surface area contributed by atoms with Gasteiger partial charge in [-0.2, -0.15) is 0 Å². The van der Waals surface area contributed by atoms with Crippen molar-refractivity contribution in [3.05, 3.63) is 33.3 Å². The Morgan fingerprint density at radius 1 is 1.19 bits per heavy atom. The lowest BCUT2D eigenvalue weighted by Crippen LogP contribution is -2.33. The van der Waals surface area contributed by atoms with E-state index in [-0.39, 0.29) is 10.7 Å². The van der Waals surface area contributed by atoms with Gasteiger partial charge in [0.1, 0.15) is 5.02 Å². The van der Waals surface area contributed by atoms with Crippen molar-refractivity contribution in [1.82, 2.24) is 0 Å². The molecule has 1 aromatic carbocycles. The Morgan fingerprint density at radius 3 is 2.76 bits per heavy atom. The fourth-order valence-electron chi connectivity index (χ4n) is 5.19. The Kier molecular flexibility index (Phi) is 3.10. The Balaban J connectivity index is 1.50. The number of anilines is 1. The fraction of sp³-hybridized carbons (Fsp3) is 0.625. The second kappa shape index (κ2) is 4.87. The smallest absolute Gasteiger partial charge is 0.288 e. The van der Waals surface area contributed by atoms with E-state index in [9.17, 15) is 10.1 Å². The van der Waals surface area contributed by atoms with Crippen LogP contribution in [0.5, 0.6) is 0 Å². The van der Waals surface area contributed by atoms with E-state index in [1.165, 1.54) is 38.2 Å². The molecular formula is C16H19ClN2O2. The summed E-state index contributed by atoms with van der Waals surface area (Å²) in [6, 6.07) is 5.49. The lowest BCUT2D eigenvalue weighted by molar-refractivity contribution is -0.384. The Hall–Kier alpha value is -1.29. The Labute approximate surface area is 129 Å². The second-order valence-corrected chi connectivity index (χ2v) is 7.24. The predicted molar refractivity (Wildman–Crippen MR) is 82.6 cm³/mol. The normalized spacial score (nSPS) is 36.7. The van der Waals surface area contributed by atoms with Crippen molar-refractivity contribution in [2.24, 2.45) is 23.7 Å². The highest BCUT2D eigenvalue weighted by molar-refractivity contribution is 6.32. The van der Waals surface area contributed by atoms with Crippen LogP contribution in [0.2, 0.25) is 5.02 Å². The first-order chi connectivity index (χ1) is 10.1. The van der Waals surface area contributed by atoms with Crippen LogP contribution in [0.1, 0.15) is 32.1 Å². The summed E-state index contributed by atoms with van der Waals surface area (Å²) in [6.07, 6.45) is 6.85. The molecule has 5 heteroatoms. The summed E-state index contributed by atoms with van der Waals surface area (Å²) in [5.41, 5.74) is 0.892. The third-order valence-electron chi connectivity index (χ3n) is 5.93. The third-order valence-corrected chi connectivity index (χ3v) is 6.23. The Bertz CT molecular complexity index is 592.